The summed E-state index contributed by atoms with van der Waals surface area (Å²) in [4.78, 5) is 141. The van der Waals surface area contributed by atoms with Gasteiger partial charge in [-0.25, -0.2) is 4.68 Å². The number of nitrogens with one attached hydrogen (secondary N) is 4. The van der Waals surface area contributed by atoms with Gasteiger partial charge in [0.2, 0.25) is 35.4 Å². The molecule has 0 spiro atoms. The van der Waals surface area contributed by atoms with Gasteiger partial charge >= 0.3 is 0 Å². The van der Waals surface area contributed by atoms with Crippen LogP contribution in [-0.2, 0) is 134 Å². The standard InChI is InChI=1S/C108H154N10O19/c1-76(2)99(93(122)70-77(3)101(125)111-85-40-36-80-38-43-96-106(5,90(80)73-85)48-23-50-108(96,7)104(128)113-103(127)107(6)49-22-47-105(4)89-72-84(109)39-35-79(89)37-42-95(105)107)112-102(126)82(71-88(121)46-56-131-60-64-135-67-66-133-62-58-129-54-21-29-86(119)41-44-98(124)116-74-83-27-15-14-24-78(83)33-34-81-25-16-17-30-91(81)116)26-18-19-51-110-97(123)75-137-94-32-13-11-12-31-92-100(94)114-115-117(92)52-57-132-61-65-136-69-68-134-63-59-130-55-45-87(120)28-20-53-118(8,9)10/h14-17,24-25,27,30,35-36,39-40,72-73,76-77,82,94-96,99H,11-13,18-23,26,28-29,31-32,37-38,41-71,74-75,109H2,1-10H3,(H3-,110,111,112,113,123,125,126,127,128)/p+1/t77-,82+,94?,95-,96-,99+,105-,106-,107+,108+/m1/s1. The van der Waals surface area contributed by atoms with Crippen LogP contribution in [0.5, 0.6) is 0 Å². The molecule has 2 saturated carbocycles. The number of fused-ring (bicyclic) bond motifs is 9. The van der Waals surface area contributed by atoms with Gasteiger partial charge in [-0.3, -0.25) is 53.3 Å². The van der Waals surface area contributed by atoms with Crippen molar-refractivity contribution in [3.05, 3.63) is 135 Å². The second-order valence-electron chi connectivity index (χ2n) is 40.9. The number of para-hydroxylation sites is 1. The Labute approximate surface area is 811 Å². The van der Waals surface area contributed by atoms with Crippen molar-refractivity contribution in [2.24, 2.45) is 40.4 Å². The summed E-state index contributed by atoms with van der Waals surface area (Å²) in [6.45, 7) is 21.3. The first-order chi connectivity index (χ1) is 65.9. The summed E-state index contributed by atoms with van der Waals surface area (Å²) in [6.07, 6.45) is 15.7. The molecule has 0 bridgehead atoms. The Balaban J connectivity index is 0.609. The Bertz CT molecular complexity index is 4920. The number of rotatable bonds is 58. The number of imide groups is 1. The number of nitrogens with zero attached hydrogens (tertiary/aromatic N) is 5. The smallest absolute Gasteiger partial charge is 0.246 e. The van der Waals surface area contributed by atoms with Crippen LogP contribution in [0.2, 0.25) is 0 Å². The van der Waals surface area contributed by atoms with Crippen molar-refractivity contribution in [1.82, 2.24) is 30.9 Å². The molecule has 6 amide bonds. The quantitative estimate of drug-likeness (QED) is 0.00793. The van der Waals surface area contributed by atoms with E-state index in [1.807, 2.05) is 92.2 Å². The van der Waals surface area contributed by atoms with Gasteiger partial charge in [0.25, 0.3) is 0 Å². The highest BCUT2D eigenvalue weighted by atomic mass is 16.6. The molecule has 2 heterocycles. The second kappa shape index (κ2) is 53.3. The topological polar surface area (TPSA) is 362 Å². The van der Waals surface area contributed by atoms with Crippen molar-refractivity contribution in [2.75, 3.05) is 162 Å². The monoisotopic (exact) mass is 1900 g/mol. The maximum absolute atomic E-state index is 15.0. The van der Waals surface area contributed by atoms with E-state index in [1.54, 1.807) is 11.8 Å². The van der Waals surface area contributed by atoms with Crippen LogP contribution in [0.15, 0.2) is 84.9 Å². The Kier molecular flexibility index (Phi) is 42.1. The molecule has 750 valence electrons. The number of carbonyl (C=O) groups excluding carboxylic acids is 10. The molecule has 10 atom stereocenters. The summed E-state index contributed by atoms with van der Waals surface area (Å²) in [6, 6.07) is 26.5. The van der Waals surface area contributed by atoms with Gasteiger partial charge in [-0.15, -0.1) is 5.10 Å². The molecular formula is C108H155N10O19+. The fourth-order valence-corrected chi connectivity index (χ4v) is 21.4. The molecule has 2 fully saturated rings. The maximum atomic E-state index is 15.0. The molecule has 6 N–H and O–H groups in total. The predicted molar refractivity (Wildman–Crippen MR) is 524 cm³/mol. The minimum absolute atomic E-state index is 0.00492. The Morgan fingerprint density at radius 3 is 1.73 bits per heavy atom. The number of anilines is 3. The molecule has 137 heavy (non-hydrogen) atoms. The van der Waals surface area contributed by atoms with E-state index >= 15 is 4.79 Å². The third-order valence-corrected chi connectivity index (χ3v) is 29.2. The highest BCUT2D eigenvalue weighted by molar-refractivity contribution is 6.02. The summed E-state index contributed by atoms with van der Waals surface area (Å²) in [5.41, 5.74) is 15.1. The van der Waals surface area contributed by atoms with Crippen molar-refractivity contribution in [3.63, 3.8) is 0 Å². The highest BCUT2D eigenvalue weighted by Gasteiger charge is 2.59. The number of aromatic nitrogens is 3. The van der Waals surface area contributed by atoms with E-state index in [4.69, 9.17) is 48.4 Å². The van der Waals surface area contributed by atoms with E-state index in [0.29, 0.717) is 162 Å². The number of quaternary nitrogens is 1. The zero-order valence-electron chi connectivity index (χ0n) is 83.3. The molecule has 29 heteroatoms. The van der Waals surface area contributed by atoms with Crippen LogP contribution in [-0.4, -0.2) is 231 Å². The average molecular weight is 1900 g/mol. The number of unbranched alkanes of at least 4 members (excludes halogenated alkanes) is 1. The normalized spacial score (nSPS) is 21.1. The van der Waals surface area contributed by atoms with E-state index in [9.17, 15) is 43.2 Å². The van der Waals surface area contributed by atoms with Crippen LogP contribution in [0.1, 0.15) is 265 Å². The molecule has 4 aromatic carbocycles. The van der Waals surface area contributed by atoms with Crippen LogP contribution < -0.4 is 31.9 Å². The Hall–Kier alpha value is -9.32. The van der Waals surface area contributed by atoms with Crippen LogP contribution >= 0.6 is 0 Å². The van der Waals surface area contributed by atoms with Crippen LogP contribution in [0.3, 0.4) is 0 Å². The van der Waals surface area contributed by atoms with Crippen molar-refractivity contribution in [2.45, 2.75) is 264 Å². The van der Waals surface area contributed by atoms with Crippen molar-refractivity contribution < 1.29 is 95.1 Å². The second-order valence-corrected chi connectivity index (χ2v) is 40.9. The number of Topliss-reactive ketones (excluding diaryl/α,β-unsaturated/α-hetero) is 4. The lowest BCUT2D eigenvalue weighted by Crippen LogP contribution is -2.60. The number of ether oxygens (including phenoxy) is 9. The van der Waals surface area contributed by atoms with E-state index < -0.39 is 46.1 Å². The van der Waals surface area contributed by atoms with E-state index in [-0.39, 0.29) is 147 Å². The lowest BCUT2D eigenvalue weighted by atomic mass is 9.49. The number of nitrogen functional groups attached to an aromatic ring is 1. The summed E-state index contributed by atoms with van der Waals surface area (Å²) < 4.78 is 54.7. The number of ketones is 4. The molecule has 1 aliphatic heterocycles. The van der Waals surface area contributed by atoms with Gasteiger partial charge in [-0.1, -0.05) is 140 Å². The highest BCUT2D eigenvalue weighted by Crippen LogP contribution is 2.60. The van der Waals surface area contributed by atoms with Crippen LogP contribution in [0, 0.1) is 52.3 Å². The van der Waals surface area contributed by atoms with Crippen molar-refractivity contribution in [1.29, 1.82) is 0 Å². The predicted octanol–water partition coefficient (Wildman–Crippen LogP) is 13.7. The number of hydrogen-bond donors (Lipinski definition) is 5. The van der Waals surface area contributed by atoms with Gasteiger partial charge in [0, 0.05) is 105 Å². The van der Waals surface area contributed by atoms with Crippen LogP contribution in [0.4, 0.5) is 17.1 Å². The lowest BCUT2D eigenvalue weighted by molar-refractivity contribution is -0.870. The number of amides is 6. The number of carbonyl (C=O) groups is 10. The zero-order valence-corrected chi connectivity index (χ0v) is 83.3. The zero-order chi connectivity index (χ0) is 98.0. The number of benzene rings is 4. The number of aryl methyl sites for hydroxylation is 2. The van der Waals surface area contributed by atoms with Crippen LogP contribution in [0.25, 0.3) is 0 Å². The SMILES string of the molecule is CC(C)[C@H](NC(=O)[C@@H](CCCCNC(=O)COC1CCCCCc2c1nnn2CCOCCOCCOCCOCCC(=O)CCC[N+](C)(C)C)CC(=O)CCOCCOCCOCCOCCCC(=O)CCC(=O)N1Cc2ccccc2C#Cc2ccccc21)C(=O)C[C@@H](C)C(=O)Nc1ccc2c(c1)[C@@]1(C)CCC[C@](C)(C(=O)NC(=O)[C@@]3(C)CCC[C@]4(C)c5cc(N)ccc5CC[C@@H]34)[C@@H]1CC2. The van der Waals surface area contributed by atoms with E-state index in [0.717, 1.165) is 145 Å². The molecule has 0 saturated heterocycles. The fraction of sp³-hybridized carbons (Fsp3) is 0.648. The van der Waals surface area contributed by atoms with E-state index in [2.05, 4.69) is 104 Å². The first kappa shape index (κ1) is 108. The third kappa shape index (κ3) is 31.3. The summed E-state index contributed by atoms with van der Waals surface area (Å²) in [5, 5.41) is 21.2. The van der Waals surface area contributed by atoms with Gasteiger partial charge in [0.15, 0.2) is 5.78 Å². The first-order valence-corrected chi connectivity index (χ1v) is 50.7. The van der Waals surface area contributed by atoms with Gasteiger partial charge in [-0.05, 0) is 189 Å². The Morgan fingerprint density at radius 1 is 0.533 bits per heavy atom. The maximum Gasteiger partial charge on any atom is 0.246 e. The van der Waals surface area contributed by atoms with Gasteiger partial charge < -0.3 is 73.7 Å². The average Bonchev–Trinajstić information content (AvgIpc) is 1.14. The molecule has 11 rings (SSSR count). The molecule has 1 aromatic heterocycles. The molecule has 0 radical (unpaired) electrons. The van der Waals surface area contributed by atoms with Crippen molar-refractivity contribution in [3.8, 4) is 11.8 Å². The summed E-state index contributed by atoms with van der Waals surface area (Å²) in [7, 11) is 6.36. The molecule has 5 aliphatic carbocycles. The number of hydrogen-bond acceptors (Lipinski definition) is 22. The first-order valence-electron chi connectivity index (χ1n) is 50.7. The number of nitrogens with two attached hydrogens (primary N) is 1. The molecule has 5 aromatic rings. The molecule has 29 nitrogen and oxygen atoms in total. The van der Waals surface area contributed by atoms with Crippen molar-refractivity contribution >= 4 is 75.6 Å². The molecular weight excluding hydrogens is 1740 g/mol. The summed E-state index contributed by atoms with van der Waals surface area (Å²) in [5.74, 6) is 2.37. The minimum atomic E-state index is -0.981. The largest absolute Gasteiger partial charge is 0.399 e. The summed E-state index contributed by atoms with van der Waals surface area (Å²) >= 11 is 0. The molecule has 6 aliphatic rings. The Morgan fingerprint density at radius 2 is 1.09 bits per heavy atom. The minimum Gasteiger partial charge on any atom is -0.399 e. The fourth-order valence-electron chi connectivity index (χ4n) is 21.4. The van der Waals surface area contributed by atoms with Gasteiger partial charge in [0.1, 0.15) is 35.8 Å². The third-order valence-electron chi connectivity index (χ3n) is 29.2. The van der Waals surface area contributed by atoms with Gasteiger partial charge in [0.05, 0.1) is 168 Å². The molecule has 1 unspecified atom stereocenters. The van der Waals surface area contributed by atoms with Gasteiger partial charge in [-0.2, -0.15) is 0 Å². The van der Waals surface area contributed by atoms with E-state index in [1.165, 1.54) is 11.1 Å². The lowest BCUT2D eigenvalue weighted by Gasteiger charge is -2.56.